The summed E-state index contributed by atoms with van der Waals surface area (Å²) in [6.45, 7) is 0.839. The molecule has 3 rings (SSSR count). The first-order valence-corrected chi connectivity index (χ1v) is 7.20. The zero-order valence-electron chi connectivity index (χ0n) is 11.7. The van der Waals surface area contributed by atoms with Gasteiger partial charge in [-0.05, 0) is 30.4 Å². The van der Waals surface area contributed by atoms with Gasteiger partial charge in [0.15, 0.2) is 5.78 Å². The standard InChI is InChI=1S/C16H18O5/c17-14-6-7-20-10-16(14,15(18)19)9-11-5-8-21-13-4-2-1-3-12(11)13/h1-4,11H,5-10H2,(H,18,19). The van der Waals surface area contributed by atoms with Crippen molar-refractivity contribution >= 4 is 11.8 Å². The molecular weight excluding hydrogens is 272 g/mol. The first-order valence-electron chi connectivity index (χ1n) is 7.20. The van der Waals surface area contributed by atoms with Gasteiger partial charge in [-0.25, -0.2) is 0 Å². The van der Waals surface area contributed by atoms with Gasteiger partial charge in [0.05, 0.1) is 19.8 Å². The van der Waals surface area contributed by atoms with E-state index in [1.807, 2.05) is 24.3 Å². The van der Waals surface area contributed by atoms with E-state index in [0.717, 1.165) is 17.7 Å². The van der Waals surface area contributed by atoms with Crippen molar-refractivity contribution < 1.29 is 24.2 Å². The summed E-state index contributed by atoms with van der Waals surface area (Å²) in [6.07, 6.45) is 1.18. The molecule has 0 radical (unpaired) electrons. The first kappa shape index (κ1) is 14.1. The molecule has 1 aromatic rings. The quantitative estimate of drug-likeness (QED) is 0.862. The molecule has 2 aliphatic rings. The molecular formula is C16H18O5. The van der Waals surface area contributed by atoms with Crippen molar-refractivity contribution in [1.29, 1.82) is 0 Å². The number of fused-ring (bicyclic) bond motifs is 1. The fourth-order valence-corrected chi connectivity index (χ4v) is 3.22. The maximum absolute atomic E-state index is 12.3. The molecule has 1 aromatic carbocycles. The van der Waals surface area contributed by atoms with Gasteiger partial charge in [0.1, 0.15) is 11.2 Å². The summed E-state index contributed by atoms with van der Waals surface area (Å²) in [5.41, 5.74) is -0.421. The van der Waals surface area contributed by atoms with E-state index in [1.165, 1.54) is 0 Å². The summed E-state index contributed by atoms with van der Waals surface area (Å²) in [4.78, 5) is 24.0. The molecule has 0 saturated carbocycles. The highest BCUT2D eigenvalue weighted by Gasteiger charge is 2.49. The average molecular weight is 290 g/mol. The zero-order valence-corrected chi connectivity index (χ0v) is 11.7. The Bertz CT molecular complexity index is 568. The summed E-state index contributed by atoms with van der Waals surface area (Å²) in [6, 6.07) is 7.63. The summed E-state index contributed by atoms with van der Waals surface area (Å²) in [7, 11) is 0. The van der Waals surface area contributed by atoms with Gasteiger partial charge in [0, 0.05) is 6.42 Å². The molecule has 2 unspecified atom stereocenters. The predicted octanol–water partition coefficient (Wildman–Crippen LogP) is 2.00. The van der Waals surface area contributed by atoms with Crippen LogP contribution >= 0.6 is 0 Å². The maximum Gasteiger partial charge on any atom is 0.319 e. The molecule has 0 aromatic heterocycles. The van der Waals surface area contributed by atoms with Crippen LogP contribution in [0.25, 0.3) is 0 Å². The minimum Gasteiger partial charge on any atom is -0.493 e. The van der Waals surface area contributed by atoms with Crippen molar-refractivity contribution in [3.63, 3.8) is 0 Å². The van der Waals surface area contributed by atoms with Crippen LogP contribution in [0.5, 0.6) is 5.75 Å². The Balaban J connectivity index is 1.91. The van der Waals surface area contributed by atoms with Crippen LogP contribution in [0.4, 0.5) is 0 Å². The third-order valence-electron chi connectivity index (χ3n) is 4.44. The number of carboxylic acids is 1. The second-order valence-electron chi connectivity index (χ2n) is 5.69. The van der Waals surface area contributed by atoms with Crippen LogP contribution in [0.2, 0.25) is 0 Å². The van der Waals surface area contributed by atoms with Crippen molar-refractivity contribution in [2.75, 3.05) is 19.8 Å². The van der Waals surface area contributed by atoms with E-state index in [4.69, 9.17) is 9.47 Å². The number of carboxylic acid groups (broad SMARTS) is 1. The van der Waals surface area contributed by atoms with Crippen LogP contribution in [0.15, 0.2) is 24.3 Å². The highest BCUT2D eigenvalue weighted by molar-refractivity contribution is 6.03. The van der Waals surface area contributed by atoms with Gasteiger partial charge < -0.3 is 14.6 Å². The summed E-state index contributed by atoms with van der Waals surface area (Å²) in [5.74, 6) is -0.489. The highest BCUT2D eigenvalue weighted by atomic mass is 16.5. The largest absolute Gasteiger partial charge is 0.493 e. The van der Waals surface area contributed by atoms with Crippen LogP contribution in [0, 0.1) is 5.41 Å². The Labute approximate surface area is 122 Å². The van der Waals surface area contributed by atoms with Gasteiger partial charge in [-0.15, -0.1) is 0 Å². The van der Waals surface area contributed by atoms with Crippen molar-refractivity contribution in [3.05, 3.63) is 29.8 Å². The average Bonchev–Trinajstić information content (AvgIpc) is 2.50. The molecule has 5 heteroatoms. The lowest BCUT2D eigenvalue weighted by molar-refractivity contribution is -0.165. The van der Waals surface area contributed by atoms with Gasteiger partial charge in [0.25, 0.3) is 0 Å². The second-order valence-corrected chi connectivity index (χ2v) is 5.69. The number of ketones is 1. The Morgan fingerprint density at radius 1 is 1.33 bits per heavy atom. The molecule has 0 amide bonds. The molecule has 2 atom stereocenters. The van der Waals surface area contributed by atoms with E-state index < -0.39 is 11.4 Å². The minimum absolute atomic E-state index is 0.0108. The highest BCUT2D eigenvalue weighted by Crippen LogP contribution is 2.43. The van der Waals surface area contributed by atoms with Crippen LogP contribution in [-0.4, -0.2) is 36.7 Å². The Hall–Kier alpha value is -1.88. The lowest BCUT2D eigenvalue weighted by Gasteiger charge is -2.36. The van der Waals surface area contributed by atoms with E-state index in [0.29, 0.717) is 13.2 Å². The number of carbonyl (C=O) groups excluding carboxylic acids is 1. The molecule has 1 fully saturated rings. The SMILES string of the molecule is O=C(O)C1(CC2CCOc3ccccc32)COCCC1=O. The molecule has 0 spiro atoms. The van der Waals surface area contributed by atoms with Crippen molar-refractivity contribution in [2.45, 2.75) is 25.2 Å². The fraction of sp³-hybridized carbons (Fsp3) is 0.500. The van der Waals surface area contributed by atoms with Gasteiger partial charge in [-0.1, -0.05) is 18.2 Å². The van der Waals surface area contributed by atoms with E-state index in [1.54, 1.807) is 0 Å². The molecule has 5 nitrogen and oxygen atoms in total. The lowest BCUT2D eigenvalue weighted by Crippen LogP contribution is -2.48. The van der Waals surface area contributed by atoms with Gasteiger partial charge in [0.2, 0.25) is 0 Å². The van der Waals surface area contributed by atoms with Crippen molar-refractivity contribution in [3.8, 4) is 5.75 Å². The number of rotatable bonds is 3. The minimum atomic E-state index is -1.41. The summed E-state index contributed by atoms with van der Waals surface area (Å²) >= 11 is 0. The fourth-order valence-electron chi connectivity index (χ4n) is 3.22. The van der Waals surface area contributed by atoms with Crippen molar-refractivity contribution in [1.82, 2.24) is 0 Å². The lowest BCUT2D eigenvalue weighted by atomic mass is 9.71. The number of carbonyl (C=O) groups is 2. The monoisotopic (exact) mass is 290 g/mol. The number of benzene rings is 1. The molecule has 0 bridgehead atoms. The van der Waals surface area contributed by atoms with Gasteiger partial charge in [-0.3, -0.25) is 9.59 Å². The van der Waals surface area contributed by atoms with Crippen molar-refractivity contribution in [2.24, 2.45) is 5.41 Å². The van der Waals surface area contributed by atoms with Crippen LogP contribution < -0.4 is 4.74 Å². The van der Waals surface area contributed by atoms with Gasteiger partial charge in [-0.2, -0.15) is 0 Å². The predicted molar refractivity (Wildman–Crippen MR) is 74.4 cm³/mol. The van der Waals surface area contributed by atoms with Gasteiger partial charge >= 0.3 is 5.97 Å². The number of hydrogen-bond donors (Lipinski definition) is 1. The van der Waals surface area contributed by atoms with Crippen LogP contribution in [0.3, 0.4) is 0 Å². The third kappa shape index (κ3) is 2.42. The number of ether oxygens (including phenoxy) is 2. The zero-order chi connectivity index (χ0) is 14.9. The molecule has 2 heterocycles. The van der Waals surface area contributed by atoms with E-state index in [2.05, 4.69) is 0 Å². The summed E-state index contributed by atoms with van der Waals surface area (Å²) in [5, 5.41) is 9.61. The normalized spacial score (nSPS) is 28.6. The number of Topliss-reactive ketones (excluding diaryl/α,β-unsaturated/α-hetero) is 1. The molecule has 1 saturated heterocycles. The van der Waals surface area contributed by atoms with Crippen LogP contribution in [0.1, 0.15) is 30.7 Å². The maximum atomic E-state index is 12.3. The summed E-state index contributed by atoms with van der Waals surface area (Å²) < 4.78 is 10.9. The first-order chi connectivity index (χ1) is 10.1. The van der Waals surface area contributed by atoms with E-state index >= 15 is 0 Å². The Morgan fingerprint density at radius 3 is 2.90 bits per heavy atom. The molecule has 0 aliphatic carbocycles. The third-order valence-corrected chi connectivity index (χ3v) is 4.44. The second kappa shape index (κ2) is 5.48. The number of aliphatic carboxylic acids is 1. The topological polar surface area (TPSA) is 72.8 Å². The van der Waals surface area contributed by atoms with E-state index in [-0.39, 0.29) is 31.1 Å². The molecule has 2 aliphatic heterocycles. The molecule has 112 valence electrons. The Morgan fingerprint density at radius 2 is 2.14 bits per heavy atom. The number of hydrogen-bond acceptors (Lipinski definition) is 4. The van der Waals surface area contributed by atoms with Crippen LogP contribution in [-0.2, 0) is 14.3 Å². The number of para-hydroxylation sites is 1. The smallest absolute Gasteiger partial charge is 0.319 e. The molecule has 1 N–H and O–H groups in total. The Kier molecular flexibility index (Phi) is 3.68. The van der Waals surface area contributed by atoms with E-state index in [9.17, 15) is 14.7 Å². The molecule has 21 heavy (non-hydrogen) atoms.